The number of carboxylic acid groups (broad SMARTS) is 1. The van der Waals surface area contributed by atoms with Crippen molar-refractivity contribution in [3.63, 3.8) is 0 Å². The third-order valence-corrected chi connectivity index (χ3v) is 7.51. The van der Waals surface area contributed by atoms with E-state index in [1.807, 2.05) is 60.0 Å². The highest BCUT2D eigenvalue weighted by Gasteiger charge is 2.51. The van der Waals surface area contributed by atoms with E-state index in [4.69, 9.17) is 19.1 Å². The number of furan rings is 1. The number of carboxylic acids is 1. The maximum absolute atomic E-state index is 12.9. The molecule has 35 heavy (non-hydrogen) atoms. The van der Waals surface area contributed by atoms with Gasteiger partial charge in [0.25, 0.3) is 5.91 Å². The molecule has 3 aromatic rings. The van der Waals surface area contributed by atoms with E-state index in [1.54, 1.807) is 12.4 Å². The first-order chi connectivity index (χ1) is 16.6. The van der Waals surface area contributed by atoms with Gasteiger partial charge in [0, 0.05) is 42.2 Å². The number of aliphatic carboxylic acids is 1. The number of carbonyl (C=O) groups excluding carboxylic acids is 1. The van der Waals surface area contributed by atoms with Gasteiger partial charge in [-0.3, -0.25) is 9.78 Å². The first-order valence-corrected chi connectivity index (χ1v) is 11.8. The molecule has 4 heterocycles. The fourth-order valence-electron chi connectivity index (χ4n) is 4.14. The monoisotopic (exact) mass is 508 g/mol. The van der Waals surface area contributed by atoms with Gasteiger partial charge in [-0.25, -0.2) is 4.79 Å². The van der Waals surface area contributed by atoms with Gasteiger partial charge in [0.15, 0.2) is 5.76 Å². The molecule has 1 unspecified atom stereocenters. The second-order valence-electron chi connectivity index (χ2n) is 8.50. The van der Waals surface area contributed by atoms with Gasteiger partial charge < -0.3 is 19.2 Å². The Hall–Kier alpha value is -3.05. The number of alkyl halides is 3. The summed E-state index contributed by atoms with van der Waals surface area (Å²) < 4.78 is 43.8. The van der Waals surface area contributed by atoms with Crippen molar-refractivity contribution in [2.24, 2.45) is 0 Å². The van der Waals surface area contributed by atoms with Crippen LogP contribution >= 0.6 is 11.8 Å². The average Bonchev–Trinajstić information content (AvgIpc) is 3.39. The van der Waals surface area contributed by atoms with Crippen LogP contribution in [0.2, 0.25) is 0 Å². The van der Waals surface area contributed by atoms with Crippen LogP contribution in [0.1, 0.15) is 28.1 Å². The van der Waals surface area contributed by atoms with Crippen LogP contribution in [0.3, 0.4) is 0 Å². The number of para-hydroxylation sites is 1. The summed E-state index contributed by atoms with van der Waals surface area (Å²) in [6.07, 6.45) is -0.271. The van der Waals surface area contributed by atoms with Gasteiger partial charge in [-0.05, 0) is 37.1 Å². The van der Waals surface area contributed by atoms with Gasteiger partial charge in [0.1, 0.15) is 5.58 Å². The zero-order valence-corrected chi connectivity index (χ0v) is 19.6. The summed E-state index contributed by atoms with van der Waals surface area (Å²) in [6.45, 7) is 4.11. The molecule has 1 N–H and O–H groups in total. The Labute approximate surface area is 203 Å². The number of aromatic nitrogens is 1. The maximum atomic E-state index is 12.9. The Morgan fingerprint density at radius 3 is 2.51 bits per heavy atom. The number of nitrogens with zero attached hydrogens (tertiary/aromatic N) is 2. The molecule has 2 aliphatic rings. The summed E-state index contributed by atoms with van der Waals surface area (Å²) in [7, 11) is 0. The molecule has 186 valence electrons. The summed E-state index contributed by atoms with van der Waals surface area (Å²) in [5, 5.41) is 8.14. The number of amides is 1. The second kappa shape index (κ2) is 9.90. The molecule has 5 rings (SSSR count). The fraction of sp³-hybridized carbons (Fsp3) is 0.375. The van der Waals surface area contributed by atoms with Crippen molar-refractivity contribution >= 4 is 34.6 Å². The number of halogens is 3. The zero-order chi connectivity index (χ0) is 25.2. The van der Waals surface area contributed by atoms with Gasteiger partial charge in [0.2, 0.25) is 0 Å². The number of thioether (sulfide) groups is 1. The van der Waals surface area contributed by atoms with E-state index < -0.39 is 12.1 Å². The molecule has 0 bridgehead atoms. The van der Waals surface area contributed by atoms with Crippen LogP contribution in [0.25, 0.3) is 11.0 Å². The minimum atomic E-state index is -5.08. The smallest absolute Gasteiger partial charge is 0.475 e. The summed E-state index contributed by atoms with van der Waals surface area (Å²) in [4.78, 5) is 27.8. The molecule has 2 saturated heterocycles. The topological polar surface area (TPSA) is 92.9 Å². The molecule has 2 aromatic heterocycles. The number of fused-ring (bicyclic) bond motifs is 1. The first kappa shape index (κ1) is 25.1. The van der Waals surface area contributed by atoms with Crippen LogP contribution in [0.4, 0.5) is 13.2 Å². The minimum absolute atomic E-state index is 0.000999. The molecule has 2 aliphatic heterocycles. The molecule has 0 radical (unpaired) electrons. The third-order valence-electron chi connectivity index (χ3n) is 5.94. The Morgan fingerprint density at radius 2 is 1.89 bits per heavy atom. The van der Waals surface area contributed by atoms with Gasteiger partial charge in [0.05, 0.1) is 17.5 Å². The van der Waals surface area contributed by atoms with Crippen LogP contribution in [0.15, 0.2) is 53.2 Å². The lowest BCUT2D eigenvalue weighted by molar-refractivity contribution is -0.192. The quantitative estimate of drug-likeness (QED) is 0.547. The number of hydrogen-bond donors (Lipinski definition) is 1. The fourth-order valence-corrected chi connectivity index (χ4v) is 5.69. The summed E-state index contributed by atoms with van der Waals surface area (Å²) in [5.74, 6) is -1.30. The Balaban J connectivity index is 0.000000364. The van der Waals surface area contributed by atoms with E-state index in [0.717, 1.165) is 47.4 Å². The number of benzene rings is 1. The van der Waals surface area contributed by atoms with Crippen molar-refractivity contribution in [3.8, 4) is 0 Å². The molecule has 1 aromatic carbocycles. The van der Waals surface area contributed by atoms with Crippen molar-refractivity contribution in [2.75, 3.05) is 18.8 Å². The minimum Gasteiger partial charge on any atom is -0.475 e. The highest BCUT2D eigenvalue weighted by molar-refractivity contribution is 8.01. The average molecular weight is 509 g/mol. The van der Waals surface area contributed by atoms with Crippen LogP contribution in [-0.2, 0) is 16.1 Å². The van der Waals surface area contributed by atoms with Crippen LogP contribution in [-0.4, -0.2) is 62.7 Å². The van der Waals surface area contributed by atoms with Gasteiger partial charge >= 0.3 is 12.1 Å². The largest absolute Gasteiger partial charge is 0.490 e. The lowest BCUT2D eigenvalue weighted by Gasteiger charge is -2.47. The summed E-state index contributed by atoms with van der Waals surface area (Å²) >= 11 is 1.94. The number of ether oxygens (including phenoxy) is 1. The predicted molar refractivity (Wildman–Crippen MR) is 123 cm³/mol. The van der Waals surface area contributed by atoms with Gasteiger partial charge in [-0.1, -0.05) is 18.2 Å². The number of pyridine rings is 1. The zero-order valence-electron chi connectivity index (χ0n) is 18.7. The second-order valence-corrected chi connectivity index (χ2v) is 9.99. The van der Waals surface area contributed by atoms with E-state index in [1.165, 1.54) is 0 Å². The lowest BCUT2D eigenvalue weighted by atomic mass is 9.92. The van der Waals surface area contributed by atoms with E-state index in [-0.39, 0.29) is 16.8 Å². The van der Waals surface area contributed by atoms with Crippen LogP contribution in [0.5, 0.6) is 0 Å². The Kier molecular flexibility index (Phi) is 7.09. The SMILES string of the molecule is Cc1c(C(=O)N2CC3(CC(OCc4ccncc4)CS3)C2)oc2ccccc12.O=C(O)C(F)(F)F. The van der Waals surface area contributed by atoms with Crippen LogP contribution in [0, 0.1) is 6.92 Å². The molecular weight excluding hydrogens is 485 g/mol. The van der Waals surface area contributed by atoms with Crippen molar-refractivity contribution in [2.45, 2.75) is 37.0 Å². The molecular formula is C24H23F3N2O5S. The van der Waals surface area contributed by atoms with E-state index in [2.05, 4.69) is 4.98 Å². The number of hydrogen-bond acceptors (Lipinski definition) is 6. The highest BCUT2D eigenvalue weighted by Crippen LogP contribution is 2.46. The molecule has 1 spiro atoms. The first-order valence-electron chi connectivity index (χ1n) is 10.8. The molecule has 2 fully saturated rings. The molecule has 11 heteroatoms. The van der Waals surface area contributed by atoms with Crippen molar-refractivity contribution in [1.29, 1.82) is 0 Å². The normalized spacial score (nSPS) is 18.7. The van der Waals surface area contributed by atoms with Gasteiger partial charge in [-0.2, -0.15) is 13.2 Å². The number of carbonyl (C=O) groups is 2. The number of rotatable bonds is 4. The predicted octanol–water partition coefficient (Wildman–Crippen LogP) is 4.69. The number of aryl methyl sites for hydroxylation is 1. The lowest BCUT2D eigenvalue weighted by Crippen LogP contribution is -2.60. The Morgan fingerprint density at radius 1 is 1.23 bits per heavy atom. The summed E-state index contributed by atoms with van der Waals surface area (Å²) in [6, 6.07) is 11.8. The highest BCUT2D eigenvalue weighted by atomic mass is 32.2. The standard InChI is InChI=1S/C22H22N2O3S.C2HF3O2/c1-15-18-4-2-3-5-19(18)27-20(15)21(25)24-13-22(14-24)10-17(12-28-22)26-11-16-6-8-23-9-7-16;3-2(4,5)1(6)7/h2-9,17H,10-14H2,1H3;(H,6,7). The van der Waals surface area contributed by atoms with Crippen molar-refractivity contribution in [3.05, 3.63) is 65.7 Å². The van der Waals surface area contributed by atoms with E-state index in [9.17, 15) is 18.0 Å². The van der Waals surface area contributed by atoms with Crippen molar-refractivity contribution in [1.82, 2.24) is 9.88 Å². The maximum Gasteiger partial charge on any atom is 0.490 e. The van der Waals surface area contributed by atoms with Crippen molar-refractivity contribution < 1.29 is 37.0 Å². The van der Waals surface area contributed by atoms with E-state index in [0.29, 0.717) is 12.4 Å². The molecule has 0 aliphatic carbocycles. The van der Waals surface area contributed by atoms with Crippen LogP contribution < -0.4 is 0 Å². The molecule has 1 amide bonds. The summed E-state index contributed by atoms with van der Waals surface area (Å²) in [5.41, 5.74) is 2.85. The molecule has 1 atom stereocenters. The number of likely N-dealkylation sites (tertiary alicyclic amines) is 1. The third kappa shape index (κ3) is 5.62. The molecule has 7 nitrogen and oxygen atoms in total. The Bertz CT molecular complexity index is 1210. The van der Waals surface area contributed by atoms with Gasteiger partial charge in [-0.15, -0.1) is 11.8 Å². The molecule has 0 saturated carbocycles. The van der Waals surface area contributed by atoms with E-state index >= 15 is 0 Å².